The molecular formula is C11H17NOS. The first kappa shape index (κ1) is 11.2. The molecule has 2 nitrogen and oxygen atoms in total. The Hall–Kier alpha value is -0.830. The summed E-state index contributed by atoms with van der Waals surface area (Å²) < 4.78 is 0. The molecule has 0 aliphatic carbocycles. The Labute approximate surface area is 89.3 Å². The summed E-state index contributed by atoms with van der Waals surface area (Å²) in [6, 6.07) is 1.90. The number of thiophene rings is 1. The van der Waals surface area contributed by atoms with Crippen molar-refractivity contribution in [2.75, 3.05) is 11.9 Å². The fraction of sp³-hybridized carbons (Fsp3) is 0.545. The first-order chi connectivity index (χ1) is 6.86. The third-order valence-electron chi connectivity index (χ3n) is 2.10. The lowest BCUT2D eigenvalue weighted by Gasteiger charge is -2.02. The summed E-state index contributed by atoms with van der Waals surface area (Å²) in [6.07, 6.45) is 5.97. The third kappa shape index (κ3) is 3.92. The lowest BCUT2D eigenvalue weighted by Crippen LogP contribution is -1.99. The van der Waals surface area contributed by atoms with Crippen LogP contribution in [0.3, 0.4) is 0 Å². The van der Waals surface area contributed by atoms with Crippen molar-refractivity contribution in [2.24, 2.45) is 0 Å². The molecule has 0 saturated carbocycles. The molecule has 0 saturated heterocycles. The molecule has 1 aromatic rings. The Balaban J connectivity index is 2.14. The number of hydrogen-bond donors (Lipinski definition) is 1. The van der Waals surface area contributed by atoms with Crippen LogP contribution in [-0.2, 0) is 0 Å². The molecule has 1 aromatic heterocycles. The maximum absolute atomic E-state index is 10.4. The van der Waals surface area contributed by atoms with E-state index < -0.39 is 0 Å². The van der Waals surface area contributed by atoms with E-state index in [4.69, 9.17) is 0 Å². The monoisotopic (exact) mass is 211 g/mol. The van der Waals surface area contributed by atoms with Crippen LogP contribution in [0.1, 0.15) is 42.3 Å². The molecule has 0 radical (unpaired) electrons. The van der Waals surface area contributed by atoms with Crippen LogP contribution in [0.25, 0.3) is 0 Å². The van der Waals surface area contributed by atoms with Crippen LogP contribution in [-0.4, -0.2) is 12.8 Å². The van der Waals surface area contributed by atoms with Crippen LogP contribution in [0.4, 0.5) is 5.69 Å². The maximum Gasteiger partial charge on any atom is 0.160 e. The zero-order valence-corrected chi connectivity index (χ0v) is 9.40. The van der Waals surface area contributed by atoms with E-state index in [9.17, 15) is 4.79 Å². The molecule has 0 unspecified atom stereocenters. The second kappa shape index (κ2) is 6.60. The van der Waals surface area contributed by atoms with Gasteiger partial charge in [0, 0.05) is 17.6 Å². The van der Waals surface area contributed by atoms with Crippen LogP contribution >= 0.6 is 11.3 Å². The van der Waals surface area contributed by atoms with Gasteiger partial charge in [-0.2, -0.15) is 0 Å². The van der Waals surface area contributed by atoms with E-state index in [2.05, 4.69) is 12.2 Å². The topological polar surface area (TPSA) is 29.1 Å². The zero-order chi connectivity index (χ0) is 10.2. The van der Waals surface area contributed by atoms with Crippen LogP contribution in [0, 0.1) is 0 Å². The molecule has 0 aliphatic heterocycles. The molecule has 1 rings (SSSR count). The van der Waals surface area contributed by atoms with E-state index in [1.54, 1.807) is 0 Å². The molecule has 0 amide bonds. The summed E-state index contributed by atoms with van der Waals surface area (Å²) in [7, 11) is 0. The second-order valence-electron chi connectivity index (χ2n) is 3.34. The van der Waals surface area contributed by atoms with Gasteiger partial charge < -0.3 is 5.32 Å². The summed E-state index contributed by atoms with van der Waals surface area (Å²) in [5, 5.41) is 5.30. The van der Waals surface area contributed by atoms with Crippen LogP contribution in [0.2, 0.25) is 0 Å². The minimum atomic E-state index is 0.793. The predicted molar refractivity (Wildman–Crippen MR) is 62.3 cm³/mol. The number of aldehydes is 1. The number of anilines is 1. The number of hydrogen-bond acceptors (Lipinski definition) is 3. The predicted octanol–water partition coefficient (Wildman–Crippen LogP) is 3.55. The summed E-state index contributed by atoms with van der Waals surface area (Å²) in [5.41, 5.74) is 1.08. The Bertz CT molecular complexity index is 270. The standard InChI is InChI=1S/C11H17NOS/c1-2-3-4-5-6-12-10-7-11(8-13)14-9-10/h7-9,12H,2-6H2,1H3. The highest BCUT2D eigenvalue weighted by Crippen LogP contribution is 2.17. The van der Waals surface area contributed by atoms with Crippen molar-refractivity contribution < 1.29 is 4.79 Å². The van der Waals surface area contributed by atoms with Gasteiger partial charge in [-0.3, -0.25) is 4.79 Å². The number of nitrogens with one attached hydrogen (secondary N) is 1. The van der Waals surface area contributed by atoms with Crippen molar-refractivity contribution in [2.45, 2.75) is 32.6 Å². The minimum absolute atomic E-state index is 0.793. The molecule has 0 aliphatic rings. The highest BCUT2D eigenvalue weighted by molar-refractivity contribution is 7.12. The Kier molecular flexibility index (Phi) is 5.30. The van der Waals surface area contributed by atoms with E-state index in [1.807, 2.05) is 11.4 Å². The molecule has 78 valence electrons. The highest BCUT2D eigenvalue weighted by atomic mass is 32.1. The summed E-state index contributed by atoms with van der Waals surface area (Å²) in [4.78, 5) is 11.2. The quantitative estimate of drug-likeness (QED) is 0.552. The zero-order valence-electron chi connectivity index (χ0n) is 8.58. The average Bonchev–Trinajstić information content (AvgIpc) is 2.65. The molecule has 0 fully saturated rings. The number of unbranched alkanes of at least 4 members (excludes halogenated alkanes) is 3. The van der Waals surface area contributed by atoms with Gasteiger partial charge in [0.15, 0.2) is 6.29 Å². The van der Waals surface area contributed by atoms with Crippen molar-refractivity contribution in [1.29, 1.82) is 0 Å². The summed E-state index contributed by atoms with van der Waals surface area (Å²) in [5.74, 6) is 0. The van der Waals surface area contributed by atoms with Crippen LogP contribution in [0.5, 0.6) is 0 Å². The number of rotatable bonds is 7. The molecule has 0 aromatic carbocycles. The number of carbonyl (C=O) groups excluding carboxylic acids is 1. The third-order valence-corrected chi connectivity index (χ3v) is 2.95. The first-order valence-corrected chi connectivity index (χ1v) is 6.02. The van der Waals surface area contributed by atoms with E-state index in [-0.39, 0.29) is 0 Å². The van der Waals surface area contributed by atoms with Crippen molar-refractivity contribution in [3.05, 3.63) is 16.3 Å². The maximum atomic E-state index is 10.4. The smallest absolute Gasteiger partial charge is 0.160 e. The Morgan fingerprint density at radius 1 is 1.43 bits per heavy atom. The summed E-state index contributed by atoms with van der Waals surface area (Å²) in [6.45, 7) is 3.22. The molecule has 0 atom stereocenters. The van der Waals surface area contributed by atoms with E-state index in [1.165, 1.54) is 37.0 Å². The molecular weight excluding hydrogens is 194 g/mol. The Morgan fingerprint density at radius 3 is 2.93 bits per heavy atom. The van der Waals surface area contributed by atoms with Gasteiger partial charge in [0.1, 0.15) is 0 Å². The van der Waals surface area contributed by atoms with Crippen molar-refractivity contribution in [3.63, 3.8) is 0 Å². The molecule has 14 heavy (non-hydrogen) atoms. The molecule has 0 spiro atoms. The van der Waals surface area contributed by atoms with E-state index in [0.29, 0.717) is 0 Å². The second-order valence-corrected chi connectivity index (χ2v) is 4.29. The molecule has 0 bridgehead atoms. The van der Waals surface area contributed by atoms with Crippen molar-refractivity contribution in [1.82, 2.24) is 0 Å². The van der Waals surface area contributed by atoms with Gasteiger partial charge in [-0.05, 0) is 12.5 Å². The van der Waals surface area contributed by atoms with Gasteiger partial charge in [0.25, 0.3) is 0 Å². The normalized spacial score (nSPS) is 10.1. The Morgan fingerprint density at radius 2 is 2.29 bits per heavy atom. The van der Waals surface area contributed by atoms with Gasteiger partial charge in [-0.15, -0.1) is 11.3 Å². The van der Waals surface area contributed by atoms with Gasteiger partial charge in [0.2, 0.25) is 0 Å². The van der Waals surface area contributed by atoms with Crippen LogP contribution in [0.15, 0.2) is 11.4 Å². The van der Waals surface area contributed by atoms with E-state index >= 15 is 0 Å². The largest absolute Gasteiger partial charge is 0.384 e. The van der Waals surface area contributed by atoms with Gasteiger partial charge in [-0.1, -0.05) is 26.2 Å². The molecule has 1 heterocycles. The molecule has 1 N–H and O–H groups in total. The lowest BCUT2D eigenvalue weighted by molar-refractivity contribution is 0.112. The van der Waals surface area contributed by atoms with Crippen LogP contribution < -0.4 is 5.32 Å². The first-order valence-electron chi connectivity index (χ1n) is 5.14. The fourth-order valence-corrected chi connectivity index (χ4v) is 1.96. The SMILES string of the molecule is CCCCCCNc1csc(C=O)c1. The highest BCUT2D eigenvalue weighted by Gasteiger charge is 1.96. The fourth-order valence-electron chi connectivity index (χ4n) is 1.29. The van der Waals surface area contributed by atoms with Crippen molar-refractivity contribution >= 4 is 23.3 Å². The lowest BCUT2D eigenvalue weighted by atomic mass is 10.2. The molecule has 3 heteroatoms. The van der Waals surface area contributed by atoms with Gasteiger partial charge >= 0.3 is 0 Å². The van der Waals surface area contributed by atoms with E-state index in [0.717, 1.165) is 23.4 Å². The van der Waals surface area contributed by atoms with Crippen molar-refractivity contribution in [3.8, 4) is 0 Å². The van der Waals surface area contributed by atoms with Gasteiger partial charge in [0.05, 0.1) is 4.88 Å². The number of carbonyl (C=O) groups is 1. The minimum Gasteiger partial charge on any atom is -0.384 e. The summed E-state index contributed by atoms with van der Waals surface area (Å²) >= 11 is 1.49. The average molecular weight is 211 g/mol. The van der Waals surface area contributed by atoms with Gasteiger partial charge in [-0.25, -0.2) is 0 Å².